The average Bonchev–Trinajstić information content (AvgIpc) is 2.89. The zero-order valence-electron chi connectivity index (χ0n) is 22.6. The van der Waals surface area contributed by atoms with Crippen LogP contribution in [-0.2, 0) is 4.79 Å². The summed E-state index contributed by atoms with van der Waals surface area (Å²) in [5, 5.41) is 7.31. The smallest absolute Gasteiger partial charge is 0.250 e. The van der Waals surface area contributed by atoms with Gasteiger partial charge in [-0.1, -0.05) is 38.5 Å². The molecule has 1 aromatic carbocycles. The Morgan fingerprint density at radius 1 is 1.11 bits per heavy atom. The van der Waals surface area contributed by atoms with E-state index in [9.17, 15) is 4.79 Å². The molecule has 0 unspecified atom stereocenters. The number of hydrazone groups is 1. The third-order valence-corrected chi connectivity index (χ3v) is 7.63. The zero-order chi connectivity index (χ0) is 25.9. The van der Waals surface area contributed by atoms with Crippen LogP contribution in [-0.4, -0.2) is 48.8 Å². The Balaban J connectivity index is 1.72. The van der Waals surface area contributed by atoms with Gasteiger partial charge in [-0.3, -0.25) is 4.79 Å². The van der Waals surface area contributed by atoms with Gasteiger partial charge in [-0.25, -0.2) is 0 Å². The number of nitrogens with zero attached hydrogens (tertiary/aromatic N) is 2. The molecule has 198 valence electrons. The second-order valence-electron chi connectivity index (χ2n) is 10.6. The van der Waals surface area contributed by atoms with Crippen molar-refractivity contribution in [3.63, 3.8) is 0 Å². The van der Waals surface area contributed by atoms with Crippen LogP contribution in [0, 0.1) is 0 Å². The molecule has 2 aliphatic rings. The Hall–Kier alpha value is -2.60. The van der Waals surface area contributed by atoms with Crippen molar-refractivity contribution in [3.05, 3.63) is 48.1 Å². The van der Waals surface area contributed by atoms with Gasteiger partial charge in [-0.2, -0.15) is 5.10 Å². The molecule has 2 saturated carbocycles. The molecule has 0 radical (unpaired) electrons. The lowest BCUT2D eigenvalue weighted by molar-refractivity contribution is -0.118. The third kappa shape index (κ3) is 8.22. The number of carbonyl (C=O) groups is 1. The monoisotopic (exact) mass is 494 g/mol. The summed E-state index contributed by atoms with van der Waals surface area (Å²) in [6, 6.07) is 8.89. The van der Waals surface area contributed by atoms with Crippen molar-refractivity contribution in [2.24, 2.45) is 10.9 Å². The molecule has 0 heterocycles. The van der Waals surface area contributed by atoms with Gasteiger partial charge >= 0.3 is 0 Å². The number of unbranched alkanes of at least 4 members (excludes halogenated alkanes) is 1. The average molecular weight is 495 g/mol. The van der Waals surface area contributed by atoms with Crippen molar-refractivity contribution in [2.75, 3.05) is 14.1 Å². The fourth-order valence-corrected chi connectivity index (χ4v) is 5.29. The van der Waals surface area contributed by atoms with Crippen molar-refractivity contribution >= 4 is 17.2 Å². The van der Waals surface area contributed by atoms with Crippen LogP contribution < -0.4 is 15.9 Å². The summed E-state index contributed by atoms with van der Waals surface area (Å²) in [7, 11) is 4.25. The van der Waals surface area contributed by atoms with Crippen molar-refractivity contribution in [3.8, 4) is 5.75 Å². The first-order valence-corrected chi connectivity index (χ1v) is 13.8. The van der Waals surface area contributed by atoms with Gasteiger partial charge in [0.05, 0.1) is 11.8 Å². The molecule has 2 fully saturated rings. The van der Waals surface area contributed by atoms with Gasteiger partial charge in [-0.05, 0) is 102 Å². The van der Waals surface area contributed by atoms with Crippen LogP contribution in [0.15, 0.2) is 47.6 Å². The Morgan fingerprint density at radius 2 is 1.78 bits per heavy atom. The Morgan fingerprint density at radius 3 is 2.36 bits per heavy atom. The second-order valence-corrected chi connectivity index (χ2v) is 10.6. The number of nitrogens with one attached hydrogen (secondary N) is 1. The first-order chi connectivity index (χ1) is 17.4. The summed E-state index contributed by atoms with van der Waals surface area (Å²) >= 11 is 0. The van der Waals surface area contributed by atoms with Crippen molar-refractivity contribution < 1.29 is 9.53 Å². The van der Waals surface area contributed by atoms with E-state index in [-0.39, 0.29) is 11.9 Å². The number of carbonyl (C=O) groups excluding carboxylic acids is 1. The topological polar surface area (TPSA) is 80.0 Å². The summed E-state index contributed by atoms with van der Waals surface area (Å²) < 4.78 is 6.21. The maximum atomic E-state index is 13.0. The molecule has 6 heteroatoms. The minimum atomic E-state index is -0.120. The van der Waals surface area contributed by atoms with E-state index in [1.54, 1.807) is 0 Å². The third-order valence-electron chi connectivity index (χ3n) is 7.63. The van der Waals surface area contributed by atoms with E-state index < -0.39 is 0 Å². The highest BCUT2D eigenvalue weighted by Crippen LogP contribution is 2.27. The highest BCUT2D eigenvalue weighted by molar-refractivity contribution is 6.25. The summed E-state index contributed by atoms with van der Waals surface area (Å²) in [6.07, 6.45) is 15.1. The van der Waals surface area contributed by atoms with Crippen LogP contribution in [0.2, 0.25) is 0 Å². The van der Waals surface area contributed by atoms with E-state index in [1.807, 2.05) is 30.3 Å². The molecule has 0 aromatic heterocycles. The molecular weight excluding hydrogens is 448 g/mol. The normalized spacial score (nSPS) is 21.9. The van der Waals surface area contributed by atoms with Crippen molar-refractivity contribution in [1.29, 1.82) is 0 Å². The molecule has 2 aliphatic carbocycles. The minimum Gasteiger partial charge on any atom is -0.490 e. The molecular formula is C30H46N4O2. The minimum absolute atomic E-state index is 0.120. The van der Waals surface area contributed by atoms with Gasteiger partial charge < -0.3 is 20.8 Å². The number of hydrogen-bond acceptors (Lipinski definition) is 5. The number of rotatable bonds is 11. The zero-order valence-corrected chi connectivity index (χ0v) is 22.6. The first kappa shape index (κ1) is 28.0. The quantitative estimate of drug-likeness (QED) is 0.133. The second kappa shape index (κ2) is 14.2. The maximum Gasteiger partial charge on any atom is 0.250 e. The van der Waals surface area contributed by atoms with Crippen LogP contribution in [0.25, 0.3) is 5.57 Å². The largest absolute Gasteiger partial charge is 0.490 e. The van der Waals surface area contributed by atoms with E-state index in [0.29, 0.717) is 17.7 Å². The molecule has 0 aliphatic heterocycles. The van der Waals surface area contributed by atoms with Crippen LogP contribution in [0.3, 0.4) is 0 Å². The summed E-state index contributed by atoms with van der Waals surface area (Å²) in [6.45, 7) is 6.25. The van der Waals surface area contributed by atoms with Crippen LogP contribution in [0.4, 0.5) is 0 Å². The fraction of sp³-hybridized carbons (Fsp3) is 0.600. The summed E-state index contributed by atoms with van der Waals surface area (Å²) in [5.41, 5.74) is 3.04. The van der Waals surface area contributed by atoms with E-state index in [2.05, 4.69) is 42.9 Å². The molecule has 0 spiro atoms. The molecule has 1 aromatic rings. The molecule has 6 nitrogen and oxygen atoms in total. The van der Waals surface area contributed by atoms with Gasteiger partial charge in [0.2, 0.25) is 0 Å². The maximum absolute atomic E-state index is 13.0. The number of allylic oxidation sites excluding steroid dienone is 1. The van der Waals surface area contributed by atoms with Gasteiger partial charge in [0.15, 0.2) is 0 Å². The van der Waals surface area contributed by atoms with Crippen LogP contribution in [0.1, 0.15) is 89.5 Å². The standard InChI is InChI=1S/C30H46N4O2/c1-5-6-12-29(33-31)28(23-13-19-27(20-14-23)36-26-10-8-7-9-11-26)21-22(2)30(35)32-24-15-17-25(18-16-24)34(3)4/h13-14,19-21,24-26H,2,5-12,15-18,31H2,1,3-4H3,(H,32,35)/b28-21-,33-29-. The van der Waals surface area contributed by atoms with Gasteiger partial charge in [0.25, 0.3) is 5.91 Å². The van der Waals surface area contributed by atoms with E-state index in [0.717, 1.165) is 80.4 Å². The molecule has 0 atom stereocenters. The van der Waals surface area contributed by atoms with E-state index in [1.165, 1.54) is 19.3 Å². The van der Waals surface area contributed by atoms with E-state index >= 15 is 0 Å². The van der Waals surface area contributed by atoms with Gasteiger partial charge in [0.1, 0.15) is 5.75 Å². The first-order valence-electron chi connectivity index (χ1n) is 13.8. The Kier molecular flexibility index (Phi) is 11.1. The van der Waals surface area contributed by atoms with E-state index in [4.69, 9.17) is 10.6 Å². The molecule has 3 N–H and O–H groups in total. The lowest BCUT2D eigenvalue weighted by Crippen LogP contribution is -2.42. The van der Waals surface area contributed by atoms with Crippen LogP contribution >= 0.6 is 0 Å². The van der Waals surface area contributed by atoms with Crippen LogP contribution in [0.5, 0.6) is 5.75 Å². The van der Waals surface area contributed by atoms with Crippen molar-refractivity contribution in [2.45, 2.75) is 102 Å². The number of nitrogens with two attached hydrogens (primary N) is 1. The summed E-state index contributed by atoms with van der Waals surface area (Å²) in [4.78, 5) is 15.3. The number of amides is 1. The Labute approximate surface area is 218 Å². The van der Waals surface area contributed by atoms with Gasteiger partial charge in [0, 0.05) is 23.2 Å². The van der Waals surface area contributed by atoms with Crippen molar-refractivity contribution in [1.82, 2.24) is 10.2 Å². The number of hydrogen-bond donors (Lipinski definition) is 2. The molecule has 0 saturated heterocycles. The Bertz CT molecular complexity index is 905. The predicted molar refractivity (Wildman–Crippen MR) is 150 cm³/mol. The highest BCUT2D eigenvalue weighted by atomic mass is 16.5. The molecule has 3 rings (SSSR count). The summed E-state index contributed by atoms with van der Waals surface area (Å²) in [5.74, 6) is 6.60. The molecule has 1 amide bonds. The highest BCUT2D eigenvalue weighted by Gasteiger charge is 2.24. The lowest BCUT2D eigenvalue weighted by Gasteiger charge is -2.33. The number of ether oxygens (including phenoxy) is 1. The SMILES string of the molecule is C=C(/C=C(\C(CCCC)=N/N)c1ccc(OC2CCCCC2)cc1)C(=O)NC1CCC(N(C)C)CC1. The lowest BCUT2D eigenvalue weighted by atomic mass is 9.90. The molecule has 0 bridgehead atoms. The number of benzene rings is 1. The van der Waals surface area contributed by atoms with Gasteiger partial charge in [-0.15, -0.1) is 0 Å². The molecule has 36 heavy (non-hydrogen) atoms. The predicted octanol–water partition coefficient (Wildman–Crippen LogP) is 5.83. The fourth-order valence-electron chi connectivity index (χ4n) is 5.29.